The average Bonchev–Trinajstić information content (AvgIpc) is 2.93. The molecule has 0 saturated heterocycles. The number of anilines is 2. The lowest BCUT2D eigenvalue weighted by Crippen LogP contribution is -2.41. The van der Waals surface area contributed by atoms with Gasteiger partial charge in [0.15, 0.2) is 0 Å². The Hall–Kier alpha value is -3.44. The molecule has 4 unspecified atom stereocenters. The van der Waals surface area contributed by atoms with E-state index < -0.39 is 36.6 Å². The molecule has 0 aliphatic heterocycles. The molecule has 2 rings (SSSR count). The van der Waals surface area contributed by atoms with Crippen LogP contribution in [0.15, 0.2) is 48.6 Å². The minimum Gasteiger partial charge on any atom is -0.458 e. The van der Waals surface area contributed by atoms with Gasteiger partial charge in [-0.15, -0.1) is 0 Å². The second-order valence-corrected chi connectivity index (χ2v) is 11.4. The van der Waals surface area contributed by atoms with Gasteiger partial charge in [0.05, 0.1) is 0 Å². The number of para-hydroxylation sites is 2. The van der Waals surface area contributed by atoms with E-state index in [1.165, 1.54) is 0 Å². The normalized spacial score (nSPS) is 14.1. The Balaban J connectivity index is 1.69. The molecule has 0 bridgehead atoms. The summed E-state index contributed by atoms with van der Waals surface area (Å²) in [6, 6.07) is 12.1. The van der Waals surface area contributed by atoms with Crippen molar-refractivity contribution < 1.29 is 29.3 Å². The molecule has 0 spiro atoms. The van der Waals surface area contributed by atoms with E-state index in [4.69, 9.17) is 9.47 Å². The summed E-state index contributed by atoms with van der Waals surface area (Å²) in [4.78, 5) is 28.3. The highest BCUT2D eigenvalue weighted by molar-refractivity contribution is 5.91. The van der Waals surface area contributed by atoms with E-state index in [1.807, 2.05) is 73.9 Å². The van der Waals surface area contributed by atoms with E-state index >= 15 is 0 Å². The van der Waals surface area contributed by atoms with E-state index in [0.29, 0.717) is 39.3 Å². The Labute approximate surface area is 263 Å². The highest BCUT2D eigenvalue weighted by Gasteiger charge is 2.18. The highest BCUT2D eigenvalue weighted by atomic mass is 16.5. The van der Waals surface area contributed by atoms with E-state index in [-0.39, 0.29) is 0 Å². The standard InChI is InChI=1S/C34H52N4O6/c1-23-11-9-12-24(2)33(23)37(29(7)39)19-17-35-21-27(5)43-31(41)15-16-32(42)44-28(6)22-36-18-20-38(30(8)40)34-25(3)13-10-14-26(34)4/h9-16,27-30,35-36,39-40H,17-22H2,1-8H3/b16-15+. The number of nitrogens with zero attached hydrogens (tertiary/aromatic N) is 2. The molecule has 44 heavy (non-hydrogen) atoms. The van der Waals surface area contributed by atoms with E-state index in [0.717, 1.165) is 45.8 Å². The first kappa shape index (κ1) is 36.8. The fourth-order valence-electron chi connectivity index (χ4n) is 5.19. The summed E-state index contributed by atoms with van der Waals surface area (Å²) in [7, 11) is 0. The number of nitrogens with one attached hydrogen (secondary N) is 2. The smallest absolute Gasteiger partial charge is 0.331 e. The van der Waals surface area contributed by atoms with Crippen LogP contribution in [0.1, 0.15) is 49.9 Å². The van der Waals surface area contributed by atoms with Crippen LogP contribution in [0.4, 0.5) is 11.4 Å². The number of aliphatic hydroxyl groups excluding tert-OH is 2. The van der Waals surface area contributed by atoms with E-state index in [1.54, 1.807) is 27.7 Å². The van der Waals surface area contributed by atoms with Gasteiger partial charge in [-0.1, -0.05) is 36.4 Å². The van der Waals surface area contributed by atoms with Crippen LogP contribution in [0.3, 0.4) is 0 Å². The molecule has 4 atom stereocenters. The lowest BCUT2D eigenvalue weighted by Gasteiger charge is -2.31. The third kappa shape index (κ3) is 11.9. The van der Waals surface area contributed by atoms with Crippen LogP contribution in [0.25, 0.3) is 0 Å². The van der Waals surface area contributed by atoms with Gasteiger partial charge in [-0.05, 0) is 77.6 Å². The van der Waals surface area contributed by atoms with Crippen molar-refractivity contribution in [2.75, 3.05) is 49.1 Å². The Bertz CT molecular complexity index is 1100. The second-order valence-electron chi connectivity index (χ2n) is 11.4. The Morgan fingerprint density at radius 2 is 1.00 bits per heavy atom. The molecule has 10 nitrogen and oxygen atoms in total. The number of ether oxygens (including phenoxy) is 2. The summed E-state index contributed by atoms with van der Waals surface area (Å²) in [6.45, 7) is 18.3. The summed E-state index contributed by atoms with van der Waals surface area (Å²) in [5.41, 5.74) is 6.41. The molecule has 0 heterocycles. The summed E-state index contributed by atoms with van der Waals surface area (Å²) in [5.74, 6) is -1.26. The lowest BCUT2D eigenvalue weighted by molar-refractivity contribution is -0.144. The number of hydrogen-bond acceptors (Lipinski definition) is 10. The zero-order valence-corrected chi connectivity index (χ0v) is 27.6. The van der Waals surface area contributed by atoms with Gasteiger partial charge in [0.2, 0.25) is 0 Å². The van der Waals surface area contributed by atoms with Crippen LogP contribution in [0.2, 0.25) is 0 Å². The first-order valence-electron chi connectivity index (χ1n) is 15.3. The Morgan fingerprint density at radius 1 is 0.682 bits per heavy atom. The molecule has 0 radical (unpaired) electrons. The third-order valence-electron chi connectivity index (χ3n) is 7.27. The van der Waals surface area contributed by atoms with Gasteiger partial charge in [0.25, 0.3) is 0 Å². The fourth-order valence-corrected chi connectivity index (χ4v) is 5.19. The SMILES string of the molecule is Cc1cccc(C)c1N(CCNCC(C)OC(=O)/C=C/C(=O)OC(C)CNCCN(c1c(C)cccc1C)C(C)O)C(C)O. The zero-order valence-electron chi connectivity index (χ0n) is 27.6. The number of carbonyl (C=O) groups is 2. The first-order valence-corrected chi connectivity index (χ1v) is 15.3. The van der Waals surface area contributed by atoms with E-state index in [9.17, 15) is 19.8 Å². The van der Waals surface area contributed by atoms with Crippen LogP contribution in [-0.4, -0.2) is 86.1 Å². The van der Waals surface area contributed by atoms with Crippen molar-refractivity contribution >= 4 is 23.3 Å². The predicted octanol–water partition coefficient (Wildman–Crippen LogP) is 3.51. The van der Waals surface area contributed by atoms with Crippen molar-refractivity contribution in [1.82, 2.24) is 10.6 Å². The van der Waals surface area contributed by atoms with Gasteiger partial charge >= 0.3 is 11.9 Å². The van der Waals surface area contributed by atoms with Crippen molar-refractivity contribution in [3.8, 4) is 0 Å². The van der Waals surface area contributed by atoms with Gasteiger partial charge < -0.3 is 40.1 Å². The van der Waals surface area contributed by atoms with Gasteiger partial charge in [-0.2, -0.15) is 0 Å². The van der Waals surface area contributed by atoms with Crippen molar-refractivity contribution in [3.05, 3.63) is 70.8 Å². The number of benzene rings is 2. The number of carbonyl (C=O) groups excluding carboxylic acids is 2. The maximum Gasteiger partial charge on any atom is 0.331 e. The molecule has 0 aliphatic rings. The van der Waals surface area contributed by atoms with Crippen LogP contribution >= 0.6 is 0 Å². The van der Waals surface area contributed by atoms with Crippen LogP contribution in [0.5, 0.6) is 0 Å². The molecular formula is C34H52N4O6. The van der Waals surface area contributed by atoms with Gasteiger partial charge in [-0.25, -0.2) is 9.59 Å². The number of hydrogen-bond donors (Lipinski definition) is 4. The van der Waals surface area contributed by atoms with Crippen LogP contribution < -0.4 is 20.4 Å². The molecule has 10 heteroatoms. The minimum atomic E-state index is -0.649. The van der Waals surface area contributed by atoms with Gasteiger partial charge in [0.1, 0.15) is 24.7 Å². The first-order chi connectivity index (χ1) is 20.8. The zero-order chi connectivity index (χ0) is 32.8. The number of aryl methyl sites for hydroxylation is 4. The number of aliphatic hydroxyl groups is 2. The van der Waals surface area contributed by atoms with E-state index in [2.05, 4.69) is 10.6 Å². The largest absolute Gasteiger partial charge is 0.458 e. The van der Waals surface area contributed by atoms with Crippen molar-refractivity contribution in [2.24, 2.45) is 0 Å². The van der Waals surface area contributed by atoms with Gasteiger partial charge in [-0.3, -0.25) is 0 Å². The highest BCUT2D eigenvalue weighted by Crippen LogP contribution is 2.26. The summed E-state index contributed by atoms with van der Waals surface area (Å²) >= 11 is 0. The fraction of sp³-hybridized carbons (Fsp3) is 0.529. The number of rotatable bonds is 18. The molecule has 2 aromatic carbocycles. The molecule has 0 fully saturated rings. The topological polar surface area (TPSA) is 124 Å². The molecule has 2 aromatic rings. The Morgan fingerprint density at radius 3 is 1.30 bits per heavy atom. The van der Waals surface area contributed by atoms with Crippen molar-refractivity contribution in [3.63, 3.8) is 0 Å². The third-order valence-corrected chi connectivity index (χ3v) is 7.27. The molecule has 4 N–H and O–H groups in total. The Kier molecular flexibility index (Phi) is 15.4. The molecule has 0 amide bonds. The van der Waals surface area contributed by atoms with Crippen molar-refractivity contribution in [2.45, 2.75) is 80.1 Å². The number of esters is 2. The second kappa shape index (κ2) is 18.4. The minimum absolute atomic E-state index is 0.420. The molecule has 0 aliphatic carbocycles. The summed E-state index contributed by atoms with van der Waals surface area (Å²) < 4.78 is 10.7. The van der Waals surface area contributed by atoms with Crippen LogP contribution in [-0.2, 0) is 19.1 Å². The summed E-state index contributed by atoms with van der Waals surface area (Å²) in [5, 5.41) is 27.2. The quantitative estimate of drug-likeness (QED) is 0.0861. The summed E-state index contributed by atoms with van der Waals surface area (Å²) in [6.07, 6.45) is 0.000566. The monoisotopic (exact) mass is 612 g/mol. The molecule has 0 saturated carbocycles. The molecule has 244 valence electrons. The average molecular weight is 613 g/mol. The van der Waals surface area contributed by atoms with Gasteiger partial charge in [0, 0.05) is 62.8 Å². The molecular weight excluding hydrogens is 560 g/mol. The predicted molar refractivity (Wildman–Crippen MR) is 176 cm³/mol. The molecule has 0 aromatic heterocycles. The van der Waals surface area contributed by atoms with Crippen LogP contribution in [0, 0.1) is 27.7 Å². The maximum atomic E-state index is 12.2. The van der Waals surface area contributed by atoms with Crippen molar-refractivity contribution in [1.29, 1.82) is 0 Å². The lowest BCUT2D eigenvalue weighted by atomic mass is 10.1. The maximum absolute atomic E-state index is 12.2.